The molecule has 0 saturated carbocycles. The van der Waals surface area contributed by atoms with Gasteiger partial charge in [-0.15, -0.1) is 0 Å². The third-order valence-corrected chi connectivity index (χ3v) is 4.00. The largest absolute Gasteiger partial charge is 0.492 e. The van der Waals surface area contributed by atoms with E-state index >= 15 is 0 Å². The maximum Gasteiger partial charge on any atom is 0.407 e. The molecular weight excluding hydrogens is 349 g/mol. The molecule has 1 amide bonds. The van der Waals surface area contributed by atoms with Crippen molar-refractivity contribution < 1.29 is 18.7 Å². The lowest BCUT2D eigenvalue weighted by molar-refractivity contribution is 0.170. The second-order valence-corrected chi connectivity index (χ2v) is 5.66. The van der Waals surface area contributed by atoms with Crippen LogP contribution in [0, 0.1) is 5.95 Å². The molecule has 25 heavy (non-hydrogen) atoms. The summed E-state index contributed by atoms with van der Waals surface area (Å²) in [6.45, 7) is 0.281. The second kappa shape index (κ2) is 6.98. The van der Waals surface area contributed by atoms with Crippen LogP contribution in [0.3, 0.4) is 0 Å². The van der Waals surface area contributed by atoms with Gasteiger partial charge in [0, 0.05) is 22.2 Å². The predicted octanol–water partition coefficient (Wildman–Crippen LogP) is 3.89. The molecule has 3 rings (SSSR count). The summed E-state index contributed by atoms with van der Waals surface area (Å²) in [5.74, 6) is -0.636. The normalized spacial score (nSPS) is 10.7. The lowest BCUT2D eigenvalue weighted by Crippen LogP contribution is -2.22. The molecule has 0 aliphatic rings. The number of benzene rings is 1. The van der Waals surface area contributed by atoms with E-state index < -0.39 is 12.0 Å². The van der Waals surface area contributed by atoms with Crippen molar-refractivity contribution in [3.05, 3.63) is 47.0 Å². The Labute approximate surface area is 147 Å². The van der Waals surface area contributed by atoms with Crippen LogP contribution in [0.2, 0.25) is 5.02 Å². The summed E-state index contributed by atoms with van der Waals surface area (Å²) in [7, 11) is 2.68. The topological polar surface area (TPSA) is 76.2 Å². The number of carbonyl (C=O) groups excluding carboxylic acids is 1. The number of halogens is 2. The molecule has 0 unspecified atom stereocenters. The van der Waals surface area contributed by atoms with Gasteiger partial charge >= 0.3 is 6.09 Å². The Morgan fingerprint density at radius 2 is 2.12 bits per heavy atom. The highest BCUT2D eigenvalue weighted by molar-refractivity contribution is 6.34. The van der Waals surface area contributed by atoms with Gasteiger partial charge in [0.05, 0.1) is 31.5 Å². The number of nitrogens with zero attached hydrogens (tertiary/aromatic N) is 1. The fraction of sp³-hybridized carbons (Fsp3) is 0.176. The molecule has 0 spiro atoms. The Morgan fingerprint density at radius 1 is 1.32 bits per heavy atom. The highest BCUT2D eigenvalue weighted by Crippen LogP contribution is 2.32. The van der Waals surface area contributed by atoms with Gasteiger partial charge in [0.15, 0.2) is 5.75 Å². The van der Waals surface area contributed by atoms with E-state index in [0.717, 1.165) is 16.6 Å². The van der Waals surface area contributed by atoms with Gasteiger partial charge in [-0.3, -0.25) is 0 Å². The van der Waals surface area contributed by atoms with Crippen molar-refractivity contribution >= 4 is 28.6 Å². The summed E-state index contributed by atoms with van der Waals surface area (Å²) in [6, 6.07) is 8.54. The first-order valence-corrected chi connectivity index (χ1v) is 7.73. The molecule has 0 radical (unpaired) electrons. The zero-order valence-electron chi connectivity index (χ0n) is 13.5. The van der Waals surface area contributed by atoms with Crippen molar-refractivity contribution in [2.24, 2.45) is 0 Å². The summed E-state index contributed by atoms with van der Waals surface area (Å²) in [6.07, 6.45) is -0.518. The molecule has 0 aliphatic heterocycles. The van der Waals surface area contributed by atoms with Gasteiger partial charge in [-0.25, -0.2) is 9.78 Å². The molecule has 130 valence electrons. The van der Waals surface area contributed by atoms with Crippen LogP contribution in [0.4, 0.5) is 9.18 Å². The summed E-state index contributed by atoms with van der Waals surface area (Å²) in [5.41, 5.74) is 2.56. The lowest BCUT2D eigenvalue weighted by Gasteiger charge is -2.06. The molecule has 0 aliphatic carbocycles. The number of methoxy groups -OCH3 is 2. The van der Waals surface area contributed by atoms with E-state index in [4.69, 9.17) is 16.3 Å². The van der Waals surface area contributed by atoms with Crippen molar-refractivity contribution in [3.63, 3.8) is 0 Å². The zero-order chi connectivity index (χ0) is 18.0. The maximum absolute atomic E-state index is 13.9. The number of ether oxygens (including phenoxy) is 2. The molecule has 1 aromatic carbocycles. The van der Waals surface area contributed by atoms with Gasteiger partial charge in [-0.2, -0.15) is 4.39 Å². The van der Waals surface area contributed by atoms with Crippen LogP contribution in [-0.4, -0.2) is 30.3 Å². The number of carbonyl (C=O) groups is 1. The fourth-order valence-electron chi connectivity index (χ4n) is 2.47. The Bertz CT molecular complexity index is 942. The SMILES string of the molecule is COC(=O)NCc1cc2cc(Cl)c(-c3ccc(OC)c(F)n3)cc2[nH]1. The fourth-order valence-corrected chi connectivity index (χ4v) is 2.74. The number of pyridine rings is 1. The number of hydrogen-bond acceptors (Lipinski definition) is 4. The lowest BCUT2D eigenvalue weighted by atomic mass is 10.1. The summed E-state index contributed by atoms with van der Waals surface area (Å²) >= 11 is 6.33. The Morgan fingerprint density at radius 3 is 2.80 bits per heavy atom. The van der Waals surface area contributed by atoms with Crippen molar-refractivity contribution in [1.29, 1.82) is 0 Å². The van der Waals surface area contributed by atoms with Crippen molar-refractivity contribution in [3.8, 4) is 17.0 Å². The van der Waals surface area contributed by atoms with E-state index in [9.17, 15) is 9.18 Å². The van der Waals surface area contributed by atoms with E-state index in [1.807, 2.05) is 6.07 Å². The molecule has 2 heterocycles. The molecule has 8 heteroatoms. The smallest absolute Gasteiger partial charge is 0.407 e. The number of amides is 1. The number of H-pyrrole nitrogens is 1. The number of hydrogen-bond donors (Lipinski definition) is 2. The van der Waals surface area contributed by atoms with Gasteiger partial charge in [-0.05, 0) is 30.3 Å². The van der Waals surface area contributed by atoms with E-state index in [2.05, 4.69) is 20.0 Å². The number of fused-ring (bicyclic) bond motifs is 1. The summed E-state index contributed by atoms with van der Waals surface area (Å²) in [4.78, 5) is 18.2. The third kappa shape index (κ3) is 3.51. The average Bonchev–Trinajstić information content (AvgIpc) is 3.00. The highest BCUT2D eigenvalue weighted by atomic mass is 35.5. The second-order valence-electron chi connectivity index (χ2n) is 5.25. The van der Waals surface area contributed by atoms with Crippen LogP contribution in [0.25, 0.3) is 22.2 Å². The molecule has 2 aromatic heterocycles. The van der Waals surface area contributed by atoms with Crippen LogP contribution in [0.1, 0.15) is 5.69 Å². The minimum Gasteiger partial charge on any atom is -0.492 e. The van der Waals surface area contributed by atoms with Crippen molar-refractivity contribution in [2.75, 3.05) is 14.2 Å². The van der Waals surface area contributed by atoms with Crippen LogP contribution >= 0.6 is 11.6 Å². The summed E-state index contributed by atoms with van der Waals surface area (Å²) < 4.78 is 23.3. The van der Waals surface area contributed by atoms with Gasteiger partial charge in [0.2, 0.25) is 0 Å². The highest BCUT2D eigenvalue weighted by Gasteiger charge is 2.13. The monoisotopic (exact) mass is 363 g/mol. The van der Waals surface area contributed by atoms with E-state index in [0.29, 0.717) is 16.3 Å². The molecule has 0 atom stereocenters. The molecule has 0 fully saturated rings. The van der Waals surface area contributed by atoms with Crippen LogP contribution in [-0.2, 0) is 11.3 Å². The van der Waals surface area contributed by atoms with Gasteiger partial charge in [0.1, 0.15) is 0 Å². The van der Waals surface area contributed by atoms with Gasteiger partial charge < -0.3 is 19.8 Å². The van der Waals surface area contributed by atoms with Crippen molar-refractivity contribution in [1.82, 2.24) is 15.3 Å². The molecule has 3 aromatic rings. The number of alkyl carbamates (subject to hydrolysis) is 1. The van der Waals surface area contributed by atoms with E-state index in [1.54, 1.807) is 18.2 Å². The molecular formula is C17H15ClFN3O3. The van der Waals surface area contributed by atoms with Crippen LogP contribution in [0.15, 0.2) is 30.3 Å². The number of aromatic amines is 1. The molecule has 2 N–H and O–H groups in total. The van der Waals surface area contributed by atoms with E-state index in [1.165, 1.54) is 20.3 Å². The Hall–Kier alpha value is -2.80. The standard InChI is InChI=1S/C17H15ClFN3O3/c1-24-15-4-3-13(22-16(15)19)11-7-14-9(6-12(11)18)5-10(21-14)8-20-17(23)25-2/h3-7,21H,8H2,1-2H3,(H,20,23). The van der Waals surface area contributed by atoms with Gasteiger partial charge in [-0.1, -0.05) is 11.6 Å². The first kappa shape index (κ1) is 17.0. The molecule has 0 saturated heterocycles. The zero-order valence-corrected chi connectivity index (χ0v) is 14.3. The molecule has 6 nitrogen and oxygen atoms in total. The summed E-state index contributed by atoms with van der Waals surface area (Å²) in [5, 5.41) is 3.90. The number of rotatable bonds is 4. The quantitative estimate of drug-likeness (QED) is 0.689. The minimum absolute atomic E-state index is 0.0667. The maximum atomic E-state index is 13.9. The Kier molecular flexibility index (Phi) is 4.76. The first-order chi connectivity index (χ1) is 12.0. The first-order valence-electron chi connectivity index (χ1n) is 7.35. The third-order valence-electron chi connectivity index (χ3n) is 3.68. The number of aromatic nitrogens is 2. The average molecular weight is 364 g/mol. The minimum atomic E-state index is -0.703. The Balaban J connectivity index is 1.95. The molecule has 0 bridgehead atoms. The van der Waals surface area contributed by atoms with Crippen LogP contribution < -0.4 is 10.1 Å². The van der Waals surface area contributed by atoms with E-state index in [-0.39, 0.29) is 12.3 Å². The van der Waals surface area contributed by atoms with Crippen molar-refractivity contribution in [2.45, 2.75) is 6.54 Å². The predicted molar refractivity (Wildman–Crippen MR) is 92.3 cm³/mol. The number of nitrogens with one attached hydrogen (secondary N) is 2. The van der Waals surface area contributed by atoms with Gasteiger partial charge in [0.25, 0.3) is 5.95 Å². The van der Waals surface area contributed by atoms with Crippen LogP contribution in [0.5, 0.6) is 5.75 Å².